The molecule has 0 aromatic heterocycles. The molecule has 3 aromatic rings. The summed E-state index contributed by atoms with van der Waals surface area (Å²) in [5.41, 5.74) is 1.45. The fraction of sp³-hybridized carbons (Fsp3) is 0.231. The van der Waals surface area contributed by atoms with E-state index >= 15 is 0 Å². The summed E-state index contributed by atoms with van der Waals surface area (Å²) in [6.07, 6.45) is 3.30. The number of anilines is 1. The molecule has 3 N–H and O–H groups in total. The second-order valence-electron chi connectivity index (χ2n) is 7.36. The number of allylic oxidation sites excluding steroid dienone is 1. The third kappa shape index (κ3) is 7.36. The van der Waals surface area contributed by atoms with Gasteiger partial charge in [0, 0.05) is 11.5 Å². The molecular weight excluding hydrogens is 422 g/mol. The van der Waals surface area contributed by atoms with Crippen LogP contribution in [0.15, 0.2) is 78.9 Å². The lowest BCUT2D eigenvalue weighted by atomic mass is 10.0. The number of carbonyl (C=O) groups is 2. The Hall–Kier alpha value is -3.84. The lowest BCUT2D eigenvalue weighted by molar-refractivity contribution is -0.131. The Morgan fingerprint density at radius 1 is 1.00 bits per heavy atom. The summed E-state index contributed by atoms with van der Waals surface area (Å²) in [5.74, 6) is -0.383. The molecule has 1 amide bonds. The third-order valence-electron chi connectivity index (χ3n) is 4.99. The number of carboxylic acids is 1. The van der Waals surface area contributed by atoms with Crippen molar-refractivity contribution >= 4 is 28.5 Å². The Bertz CT molecular complexity index is 1090. The normalized spacial score (nSPS) is 11.9. The van der Waals surface area contributed by atoms with Crippen molar-refractivity contribution in [2.24, 2.45) is 0 Å². The zero-order valence-corrected chi connectivity index (χ0v) is 18.1. The molecule has 0 radical (unpaired) electrons. The number of aliphatic hydroxyl groups excluding tert-OH is 1. The molecule has 0 fully saturated rings. The molecule has 172 valence electrons. The van der Waals surface area contributed by atoms with E-state index in [9.17, 15) is 9.59 Å². The smallest absolute Gasteiger partial charge is 0.412 e. The molecule has 0 aliphatic carbocycles. The molecule has 1 atom stereocenters. The van der Waals surface area contributed by atoms with Crippen LogP contribution in [0.1, 0.15) is 30.9 Å². The maximum absolute atomic E-state index is 12.7. The van der Waals surface area contributed by atoms with Crippen LogP contribution in [0.4, 0.5) is 10.5 Å². The van der Waals surface area contributed by atoms with Gasteiger partial charge in [-0.05, 0) is 48.4 Å². The molecule has 0 saturated carbocycles. The first-order chi connectivity index (χ1) is 16.1. The lowest BCUT2D eigenvalue weighted by Crippen LogP contribution is -2.18. The number of fused-ring (bicyclic) bond motifs is 1. The Morgan fingerprint density at radius 2 is 1.76 bits per heavy atom. The summed E-state index contributed by atoms with van der Waals surface area (Å²) in [5, 5.41) is 22.4. The van der Waals surface area contributed by atoms with Gasteiger partial charge in [0.1, 0.15) is 18.5 Å². The molecule has 0 aliphatic rings. The van der Waals surface area contributed by atoms with Gasteiger partial charge in [0.25, 0.3) is 0 Å². The first-order valence-electron chi connectivity index (χ1n) is 10.8. The van der Waals surface area contributed by atoms with Crippen molar-refractivity contribution in [1.29, 1.82) is 0 Å². The second-order valence-corrected chi connectivity index (χ2v) is 7.36. The molecule has 0 bridgehead atoms. The standard InChI is InChI=1S/C26H27NO6/c28-17-18-32-21-15-13-20(14-16-21)24(11-2-1-3-12-25(29)30)33-26(31)27-23-10-6-8-19-7-4-5-9-22(19)23/h3-10,12-16,24,28H,1-2,11,17-18H2,(H,27,31)(H,29,30)/b12-3+/t24-/m0/s1. The summed E-state index contributed by atoms with van der Waals surface area (Å²) in [6, 6.07) is 20.6. The number of unbranched alkanes of at least 4 members (excludes halogenated alkanes) is 1. The number of hydrogen-bond donors (Lipinski definition) is 3. The van der Waals surface area contributed by atoms with E-state index in [0.29, 0.717) is 30.7 Å². The van der Waals surface area contributed by atoms with Crippen molar-refractivity contribution in [2.75, 3.05) is 18.5 Å². The van der Waals surface area contributed by atoms with Crippen LogP contribution < -0.4 is 10.1 Å². The molecule has 33 heavy (non-hydrogen) atoms. The number of aliphatic carboxylic acids is 1. The van der Waals surface area contributed by atoms with Crippen LogP contribution in [-0.4, -0.2) is 35.5 Å². The van der Waals surface area contributed by atoms with Crippen LogP contribution >= 0.6 is 0 Å². The van der Waals surface area contributed by atoms with E-state index in [4.69, 9.17) is 19.7 Å². The second kappa shape index (κ2) is 12.3. The maximum Gasteiger partial charge on any atom is 0.412 e. The summed E-state index contributed by atoms with van der Waals surface area (Å²) in [6.45, 7) is 0.119. The highest BCUT2D eigenvalue weighted by atomic mass is 16.6. The van der Waals surface area contributed by atoms with Crippen molar-refractivity contribution in [2.45, 2.75) is 25.4 Å². The van der Waals surface area contributed by atoms with Gasteiger partial charge in [-0.15, -0.1) is 0 Å². The molecule has 0 spiro atoms. The summed E-state index contributed by atoms with van der Waals surface area (Å²) in [4.78, 5) is 23.4. The number of carbonyl (C=O) groups excluding carboxylic acids is 1. The van der Waals surface area contributed by atoms with Crippen molar-refractivity contribution in [1.82, 2.24) is 0 Å². The van der Waals surface area contributed by atoms with Gasteiger partial charge in [0.15, 0.2) is 0 Å². The Labute approximate surface area is 192 Å². The molecule has 0 aliphatic heterocycles. The summed E-state index contributed by atoms with van der Waals surface area (Å²) in [7, 11) is 0. The fourth-order valence-corrected chi connectivity index (χ4v) is 3.44. The largest absolute Gasteiger partial charge is 0.491 e. The zero-order valence-electron chi connectivity index (χ0n) is 18.1. The average molecular weight is 450 g/mol. The summed E-state index contributed by atoms with van der Waals surface area (Å²) >= 11 is 0. The maximum atomic E-state index is 12.7. The van der Waals surface area contributed by atoms with E-state index in [1.165, 1.54) is 0 Å². The number of hydrogen-bond acceptors (Lipinski definition) is 5. The molecule has 0 saturated heterocycles. The number of carboxylic acid groups (broad SMARTS) is 1. The first-order valence-corrected chi connectivity index (χ1v) is 10.8. The Kier molecular flexibility index (Phi) is 8.85. The Balaban J connectivity index is 1.70. The van der Waals surface area contributed by atoms with Gasteiger partial charge in [-0.3, -0.25) is 5.32 Å². The van der Waals surface area contributed by atoms with E-state index < -0.39 is 18.2 Å². The molecular formula is C26H27NO6. The zero-order chi connectivity index (χ0) is 23.5. The highest BCUT2D eigenvalue weighted by molar-refractivity contribution is 6.00. The number of amides is 1. The average Bonchev–Trinajstić information content (AvgIpc) is 2.82. The quantitative estimate of drug-likeness (QED) is 0.271. The SMILES string of the molecule is O=C(O)/C=C/CCC[C@H](OC(=O)Nc1cccc2ccccc12)c1ccc(OCCO)cc1. The van der Waals surface area contributed by atoms with Gasteiger partial charge in [-0.2, -0.15) is 0 Å². The van der Waals surface area contributed by atoms with Crippen LogP contribution in [0, 0.1) is 0 Å². The topological polar surface area (TPSA) is 105 Å². The number of nitrogens with one attached hydrogen (secondary N) is 1. The minimum Gasteiger partial charge on any atom is -0.491 e. The minimum atomic E-state index is -0.990. The predicted molar refractivity (Wildman–Crippen MR) is 126 cm³/mol. The summed E-state index contributed by atoms with van der Waals surface area (Å²) < 4.78 is 11.2. The molecule has 7 heteroatoms. The number of benzene rings is 3. The molecule has 3 rings (SSSR count). The Morgan fingerprint density at radius 3 is 2.52 bits per heavy atom. The van der Waals surface area contributed by atoms with Gasteiger partial charge in [-0.1, -0.05) is 54.6 Å². The van der Waals surface area contributed by atoms with E-state index in [2.05, 4.69) is 5.32 Å². The number of ether oxygens (including phenoxy) is 2. The molecule has 7 nitrogen and oxygen atoms in total. The van der Waals surface area contributed by atoms with Crippen molar-refractivity contribution in [3.63, 3.8) is 0 Å². The van der Waals surface area contributed by atoms with Crippen LogP contribution in [-0.2, 0) is 9.53 Å². The fourth-order valence-electron chi connectivity index (χ4n) is 3.44. The number of rotatable bonds is 11. The third-order valence-corrected chi connectivity index (χ3v) is 4.99. The molecule has 0 heterocycles. The van der Waals surface area contributed by atoms with E-state index in [0.717, 1.165) is 22.4 Å². The van der Waals surface area contributed by atoms with Gasteiger partial charge in [0.05, 0.1) is 12.3 Å². The molecule has 3 aromatic carbocycles. The highest BCUT2D eigenvalue weighted by Crippen LogP contribution is 2.28. The first kappa shape index (κ1) is 23.8. The van der Waals surface area contributed by atoms with Gasteiger partial charge < -0.3 is 19.7 Å². The number of aliphatic hydroxyl groups is 1. The highest BCUT2D eigenvalue weighted by Gasteiger charge is 2.17. The van der Waals surface area contributed by atoms with Crippen LogP contribution in [0.25, 0.3) is 10.8 Å². The van der Waals surface area contributed by atoms with E-state index in [-0.39, 0.29) is 13.2 Å². The van der Waals surface area contributed by atoms with Crippen molar-refractivity contribution < 1.29 is 29.3 Å². The van der Waals surface area contributed by atoms with E-state index in [1.54, 1.807) is 18.2 Å². The predicted octanol–water partition coefficient (Wildman–Crippen LogP) is 5.31. The minimum absolute atomic E-state index is 0.0777. The molecule has 0 unspecified atom stereocenters. The van der Waals surface area contributed by atoms with Crippen LogP contribution in [0.2, 0.25) is 0 Å². The van der Waals surface area contributed by atoms with Crippen molar-refractivity contribution in [3.05, 3.63) is 84.4 Å². The lowest BCUT2D eigenvalue weighted by Gasteiger charge is -2.19. The van der Waals surface area contributed by atoms with Crippen LogP contribution in [0.5, 0.6) is 5.75 Å². The van der Waals surface area contributed by atoms with Crippen molar-refractivity contribution in [3.8, 4) is 5.75 Å². The van der Waals surface area contributed by atoms with E-state index in [1.807, 2.05) is 54.6 Å². The monoisotopic (exact) mass is 449 g/mol. The van der Waals surface area contributed by atoms with Gasteiger partial charge in [-0.25, -0.2) is 9.59 Å². The van der Waals surface area contributed by atoms with Crippen LogP contribution in [0.3, 0.4) is 0 Å². The van der Waals surface area contributed by atoms with Gasteiger partial charge in [0.2, 0.25) is 0 Å². The van der Waals surface area contributed by atoms with Gasteiger partial charge >= 0.3 is 12.1 Å².